The predicted molar refractivity (Wildman–Crippen MR) is 218 cm³/mol. The van der Waals surface area contributed by atoms with E-state index in [0.717, 1.165) is 0 Å². The second kappa shape index (κ2) is 12.3. The Morgan fingerprint density at radius 1 is 0.380 bits per heavy atom. The minimum absolute atomic E-state index is 1.21. The summed E-state index contributed by atoms with van der Waals surface area (Å²) in [7, 11) is 0. The van der Waals surface area contributed by atoms with Crippen molar-refractivity contribution in [1.82, 2.24) is 0 Å². The summed E-state index contributed by atoms with van der Waals surface area (Å²) in [6.45, 7) is 4.19. The van der Waals surface area contributed by atoms with Crippen LogP contribution in [0.3, 0.4) is 0 Å². The van der Waals surface area contributed by atoms with Crippen molar-refractivity contribution < 1.29 is 0 Å². The molecule has 0 spiro atoms. The first-order valence-corrected chi connectivity index (χ1v) is 17.5. The maximum absolute atomic E-state index is 2.36. The number of benzene rings is 9. The molecule has 0 fully saturated rings. The van der Waals surface area contributed by atoms with Gasteiger partial charge in [0.25, 0.3) is 0 Å². The van der Waals surface area contributed by atoms with E-state index in [2.05, 4.69) is 196 Å². The lowest BCUT2D eigenvalue weighted by Gasteiger charge is -2.17. The zero-order valence-corrected chi connectivity index (χ0v) is 28.3. The highest BCUT2D eigenvalue weighted by atomic mass is 14.2. The highest BCUT2D eigenvalue weighted by Crippen LogP contribution is 2.43. The van der Waals surface area contributed by atoms with Crippen LogP contribution in [0.2, 0.25) is 0 Å². The highest BCUT2D eigenvalue weighted by molar-refractivity contribution is 6.34. The van der Waals surface area contributed by atoms with Crippen molar-refractivity contribution in [3.8, 4) is 44.5 Å². The average Bonchev–Trinajstić information content (AvgIpc) is 3.19. The van der Waals surface area contributed by atoms with E-state index in [4.69, 9.17) is 0 Å². The van der Waals surface area contributed by atoms with Gasteiger partial charge in [-0.15, -0.1) is 0 Å². The van der Waals surface area contributed by atoms with Crippen LogP contribution in [0.4, 0.5) is 0 Å². The van der Waals surface area contributed by atoms with E-state index in [1.807, 2.05) is 0 Å². The molecule has 9 rings (SSSR count). The second-order valence-corrected chi connectivity index (χ2v) is 13.2. The summed E-state index contributed by atoms with van der Waals surface area (Å²) >= 11 is 0. The normalized spacial score (nSPS) is 12.2. The van der Waals surface area contributed by atoms with E-state index in [-0.39, 0.29) is 0 Å². The Morgan fingerprint density at radius 3 is 1.56 bits per heavy atom. The smallest absolute Gasteiger partial charge is 0.00201 e. The molecular weight excluding hydrogens is 601 g/mol. The molecule has 0 saturated carbocycles. The van der Waals surface area contributed by atoms with Crippen molar-refractivity contribution in [3.05, 3.63) is 188 Å². The van der Waals surface area contributed by atoms with Crippen LogP contribution in [-0.2, 0) is 0 Å². The maximum atomic E-state index is 2.36. The summed E-state index contributed by atoms with van der Waals surface area (Å²) in [5, 5.41) is 10.6. The molecule has 0 aliphatic carbocycles. The second-order valence-electron chi connectivity index (χ2n) is 13.2. The van der Waals surface area contributed by atoms with E-state index in [0.29, 0.717) is 0 Å². The molecule has 0 heteroatoms. The Bertz CT molecular complexity index is 2710. The minimum Gasteiger partial charge on any atom is -0.0871 e. The average molecular weight is 637 g/mol. The Kier molecular flexibility index (Phi) is 7.37. The van der Waals surface area contributed by atoms with Crippen molar-refractivity contribution in [2.24, 2.45) is 0 Å². The van der Waals surface area contributed by atoms with Gasteiger partial charge in [0.15, 0.2) is 0 Å². The molecule has 0 aliphatic heterocycles. The number of rotatable bonds is 6. The quantitative estimate of drug-likeness (QED) is 0.0968. The highest BCUT2D eigenvalue weighted by Gasteiger charge is 2.16. The Labute approximate surface area is 293 Å². The SMILES string of the molecule is C/C=C\C(=C/C)c1cc(-c2ccccc2)cc(-c2cccc(-c3cccc(-c4ccc5c6cccc7cccc(c8cccc4c85)c76)c3)c2)c1. The third-order valence-corrected chi connectivity index (χ3v) is 10.3. The predicted octanol–water partition coefficient (Wildman–Crippen LogP) is 14.4. The molecule has 0 aromatic heterocycles. The van der Waals surface area contributed by atoms with Gasteiger partial charge in [-0.2, -0.15) is 0 Å². The van der Waals surface area contributed by atoms with Crippen molar-refractivity contribution in [2.75, 3.05) is 0 Å². The van der Waals surface area contributed by atoms with Gasteiger partial charge in [-0.25, -0.2) is 0 Å². The zero-order chi connectivity index (χ0) is 33.6. The van der Waals surface area contributed by atoms with E-state index >= 15 is 0 Å². The van der Waals surface area contributed by atoms with Crippen LogP contribution in [-0.4, -0.2) is 0 Å². The van der Waals surface area contributed by atoms with Crippen molar-refractivity contribution in [3.63, 3.8) is 0 Å². The molecule has 0 unspecified atom stereocenters. The Morgan fingerprint density at radius 2 is 0.880 bits per heavy atom. The standard InChI is InChI=1S/C50H36/c1-3-13-33(4-2)40-30-41(34-14-6-5-7-15-34)32-42(31-40)38-20-8-18-36(28-38)37-19-9-21-39(29-37)43-26-27-48-46-23-11-17-35-16-10-22-45(49(35)46)47-25-12-24-44(43)50(47)48/h3-32H,1-2H3/b13-3-,33-4+. The fourth-order valence-electron chi connectivity index (χ4n) is 7.94. The van der Waals surface area contributed by atoms with Crippen LogP contribution in [0.1, 0.15) is 19.4 Å². The first-order valence-electron chi connectivity index (χ1n) is 17.5. The van der Waals surface area contributed by atoms with Crippen LogP contribution in [0.25, 0.3) is 93.2 Å². The van der Waals surface area contributed by atoms with Crippen molar-refractivity contribution in [2.45, 2.75) is 13.8 Å². The molecule has 236 valence electrons. The van der Waals surface area contributed by atoms with Gasteiger partial charge in [0, 0.05) is 0 Å². The van der Waals surface area contributed by atoms with Crippen LogP contribution < -0.4 is 0 Å². The van der Waals surface area contributed by atoms with E-state index < -0.39 is 0 Å². The zero-order valence-electron chi connectivity index (χ0n) is 28.3. The lowest BCUT2D eigenvalue weighted by molar-refractivity contribution is 1.53. The Balaban J connectivity index is 1.17. The summed E-state index contributed by atoms with van der Waals surface area (Å²) in [6, 6.07) is 60.5. The molecular formula is C50H36. The first kappa shape index (κ1) is 29.9. The summed E-state index contributed by atoms with van der Waals surface area (Å²) in [4.78, 5) is 0. The molecule has 0 saturated heterocycles. The summed E-state index contributed by atoms with van der Waals surface area (Å²) < 4.78 is 0. The van der Waals surface area contributed by atoms with Gasteiger partial charge in [-0.3, -0.25) is 0 Å². The van der Waals surface area contributed by atoms with Gasteiger partial charge in [0.05, 0.1) is 0 Å². The minimum atomic E-state index is 1.21. The molecule has 0 heterocycles. The monoisotopic (exact) mass is 636 g/mol. The van der Waals surface area contributed by atoms with Gasteiger partial charge in [-0.1, -0.05) is 152 Å². The molecule has 50 heavy (non-hydrogen) atoms. The van der Waals surface area contributed by atoms with Crippen LogP contribution in [0, 0.1) is 0 Å². The number of allylic oxidation sites excluding steroid dienone is 4. The van der Waals surface area contributed by atoms with Crippen molar-refractivity contribution in [1.29, 1.82) is 0 Å². The van der Waals surface area contributed by atoms with E-state index in [1.165, 1.54) is 98.7 Å². The maximum Gasteiger partial charge on any atom is -0.00201 e. The fraction of sp³-hybridized carbons (Fsp3) is 0.0400. The topological polar surface area (TPSA) is 0 Å². The number of hydrogen-bond donors (Lipinski definition) is 0. The molecule has 0 N–H and O–H groups in total. The largest absolute Gasteiger partial charge is 0.0871 e. The molecule has 9 aromatic rings. The van der Waals surface area contributed by atoms with E-state index in [1.54, 1.807) is 0 Å². The summed E-state index contributed by atoms with van der Waals surface area (Å²) in [5.41, 5.74) is 12.2. The molecule has 0 atom stereocenters. The molecule has 0 amide bonds. The van der Waals surface area contributed by atoms with Crippen LogP contribution in [0.5, 0.6) is 0 Å². The van der Waals surface area contributed by atoms with Gasteiger partial charge in [0.1, 0.15) is 0 Å². The molecule has 0 aliphatic rings. The summed E-state index contributed by atoms with van der Waals surface area (Å²) in [5.74, 6) is 0. The van der Waals surface area contributed by atoms with Gasteiger partial charge in [-0.05, 0) is 143 Å². The van der Waals surface area contributed by atoms with Crippen LogP contribution >= 0.6 is 0 Å². The van der Waals surface area contributed by atoms with Gasteiger partial charge >= 0.3 is 0 Å². The molecule has 0 nitrogen and oxygen atoms in total. The van der Waals surface area contributed by atoms with Gasteiger partial charge in [0.2, 0.25) is 0 Å². The fourth-order valence-corrected chi connectivity index (χ4v) is 7.94. The lowest BCUT2D eigenvalue weighted by Crippen LogP contribution is -1.90. The van der Waals surface area contributed by atoms with Crippen molar-refractivity contribution >= 4 is 48.7 Å². The Hall–Kier alpha value is -6.24. The third kappa shape index (κ3) is 5.00. The van der Waals surface area contributed by atoms with Gasteiger partial charge < -0.3 is 0 Å². The first-order chi connectivity index (χ1) is 24.7. The lowest BCUT2D eigenvalue weighted by atomic mass is 9.86. The summed E-state index contributed by atoms with van der Waals surface area (Å²) in [6.07, 6.45) is 6.49. The number of hydrogen-bond acceptors (Lipinski definition) is 0. The van der Waals surface area contributed by atoms with E-state index in [9.17, 15) is 0 Å². The van der Waals surface area contributed by atoms with Crippen LogP contribution in [0.15, 0.2) is 182 Å². The molecule has 0 bridgehead atoms. The number of fused-ring (bicyclic) bond motifs is 2. The molecule has 0 radical (unpaired) electrons. The third-order valence-electron chi connectivity index (χ3n) is 10.3. The molecule has 9 aromatic carbocycles.